The minimum absolute atomic E-state index is 0.0477. The van der Waals surface area contributed by atoms with Crippen LogP contribution in [0.3, 0.4) is 0 Å². The first-order valence-electron chi connectivity index (χ1n) is 9.15. The van der Waals surface area contributed by atoms with Gasteiger partial charge in [0.2, 0.25) is 11.8 Å². The number of nitrogens with zero attached hydrogens (tertiary/aromatic N) is 1. The lowest BCUT2D eigenvalue weighted by Crippen LogP contribution is -2.48. The van der Waals surface area contributed by atoms with Crippen LogP contribution in [-0.4, -0.2) is 36.1 Å². The highest BCUT2D eigenvalue weighted by Gasteiger charge is 2.43. The highest BCUT2D eigenvalue weighted by molar-refractivity contribution is 6.09. The number of hydrogen-bond donors (Lipinski definition) is 2. The van der Waals surface area contributed by atoms with Gasteiger partial charge in [0.15, 0.2) is 0 Å². The predicted molar refractivity (Wildman–Crippen MR) is 97.4 cm³/mol. The first kappa shape index (κ1) is 17.9. The highest BCUT2D eigenvalue weighted by Crippen LogP contribution is 2.38. The van der Waals surface area contributed by atoms with Gasteiger partial charge in [-0.2, -0.15) is 0 Å². The molecule has 0 aromatic heterocycles. The van der Waals surface area contributed by atoms with Gasteiger partial charge in [0.05, 0.1) is 6.61 Å². The Labute approximate surface area is 149 Å². The van der Waals surface area contributed by atoms with E-state index in [0.717, 1.165) is 30.5 Å². The van der Waals surface area contributed by atoms with Crippen LogP contribution >= 0.6 is 0 Å². The molecule has 2 fully saturated rings. The van der Waals surface area contributed by atoms with E-state index in [4.69, 9.17) is 0 Å². The van der Waals surface area contributed by atoms with Crippen molar-refractivity contribution in [1.29, 1.82) is 0 Å². The standard InChI is InChI=1S/C20H28N2O3/c1-13-6-7-15(11-14(13)2)22-10-8-16(19(22)25)18(24)21-17-5-4-9-20(17,3)12-23/h6-7,11,16-17,23H,4-5,8-10,12H2,1-3H3,(H,21,24). The van der Waals surface area contributed by atoms with Crippen LogP contribution < -0.4 is 10.2 Å². The largest absolute Gasteiger partial charge is 0.396 e. The molecule has 1 aliphatic heterocycles. The Kier molecular flexibility index (Phi) is 4.87. The minimum atomic E-state index is -0.620. The van der Waals surface area contributed by atoms with Crippen molar-refractivity contribution in [3.05, 3.63) is 29.3 Å². The highest BCUT2D eigenvalue weighted by atomic mass is 16.3. The lowest BCUT2D eigenvalue weighted by atomic mass is 9.85. The quantitative estimate of drug-likeness (QED) is 0.824. The lowest BCUT2D eigenvalue weighted by Gasteiger charge is -2.30. The third-order valence-electron chi connectivity index (χ3n) is 6.08. The Morgan fingerprint density at radius 3 is 2.76 bits per heavy atom. The van der Waals surface area contributed by atoms with Crippen molar-refractivity contribution in [3.63, 3.8) is 0 Å². The van der Waals surface area contributed by atoms with Gasteiger partial charge in [-0.15, -0.1) is 0 Å². The predicted octanol–water partition coefficient (Wildman–Crippen LogP) is 2.32. The van der Waals surface area contributed by atoms with Crippen molar-refractivity contribution in [2.75, 3.05) is 18.1 Å². The molecule has 1 heterocycles. The molecule has 5 heteroatoms. The first-order chi connectivity index (χ1) is 11.9. The van der Waals surface area contributed by atoms with Gasteiger partial charge < -0.3 is 15.3 Å². The molecule has 25 heavy (non-hydrogen) atoms. The Morgan fingerprint density at radius 1 is 1.32 bits per heavy atom. The molecule has 2 aliphatic rings. The zero-order chi connectivity index (χ0) is 18.2. The molecule has 3 unspecified atom stereocenters. The van der Waals surface area contributed by atoms with Crippen molar-refractivity contribution < 1.29 is 14.7 Å². The monoisotopic (exact) mass is 344 g/mol. The molecule has 1 aromatic rings. The minimum Gasteiger partial charge on any atom is -0.396 e. The maximum atomic E-state index is 12.8. The van der Waals surface area contributed by atoms with Crippen LogP contribution in [0.4, 0.5) is 5.69 Å². The number of nitrogens with one attached hydrogen (secondary N) is 1. The number of carbonyl (C=O) groups excluding carboxylic acids is 2. The van der Waals surface area contributed by atoms with E-state index in [1.165, 1.54) is 5.56 Å². The fourth-order valence-corrected chi connectivity index (χ4v) is 4.01. The maximum Gasteiger partial charge on any atom is 0.239 e. The summed E-state index contributed by atoms with van der Waals surface area (Å²) in [5, 5.41) is 12.7. The summed E-state index contributed by atoms with van der Waals surface area (Å²) in [4.78, 5) is 27.2. The van der Waals surface area contributed by atoms with E-state index in [1.807, 2.05) is 39.0 Å². The van der Waals surface area contributed by atoms with Gasteiger partial charge in [0.25, 0.3) is 0 Å². The summed E-state index contributed by atoms with van der Waals surface area (Å²) >= 11 is 0. The first-order valence-corrected chi connectivity index (χ1v) is 9.15. The number of aryl methyl sites for hydroxylation is 2. The molecule has 1 aromatic carbocycles. The molecule has 3 atom stereocenters. The van der Waals surface area contributed by atoms with E-state index in [9.17, 15) is 14.7 Å². The third-order valence-corrected chi connectivity index (χ3v) is 6.08. The van der Waals surface area contributed by atoms with E-state index in [2.05, 4.69) is 5.32 Å². The number of benzene rings is 1. The molecule has 3 rings (SSSR count). The number of anilines is 1. The van der Waals surface area contributed by atoms with Crippen LogP contribution in [0.5, 0.6) is 0 Å². The fourth-order valence-electron chi connectivity index (χ4n) is 4.01. The number of rotatable bonds is 4. The number of amides is 2. The van der Waals surface area contributed by atoms with E-state index < -0.39 is 5.92 Å². The summed E-state index contributed by atoms with van der Waals surface area (Å²) in [5.41, 5.74) is 2.92. The summed E-state index contributed by atoms with van der Waals surface area (Å²) in [5.74, 6) is -0.933. The smallest absolute Gasteiger partial charge is 0.239 e. The van der Waals surface area contributed by atoms with Gasteiger partial charge in [-0.05, 0) is 56.4 Å². The van der Waals surface area contributed by atoms with Gasteiger partial charge in [0, 0.05) is 23.7 Å². The molecule has 0 bridgehead atoms. The Balaban J connectivity index is 1.69. The molecule has 0 spiro atoms. The second-order valence-electron chi connectivity index (χ2n) is 7.87. The summed E-state index contributed by atoms with van der Waals surface area (Å²) in [6.07, 6.45) is 3.31. The van der Waals surface area contributed by atoms with Crippen molar-refractivity contribution in [3.8, 4) is 0 Å². The molecule has 2 amide bonds. The normalized spacial score (nSPS) is 29.3. The van der Waals surface area contributed by atoms with Crippen LogP contribution in [0.2, 0.25) is 0 Å². The van der Waals surface area contributed by atoms with Crippen LogP contribution in [0.15, 0.2) is 18.2 Å². The summed E-state index contributed by atoms with van der Waals surface area (Å²) in [7, 11) is 0. The average molecular weight is 344 g/mol. The molecule has 5 nitrogen and oxygen atoms in total. The average Bonchev–Trinajstić information content (AvgIpc) is 3.14. The van der Waals surface area contributed by atoms with Crippen molar-refractivity contribution in [2.45, 2.75) is 52.5 Å². The van der Waals surface area contributed by atoms with Crippen LogP contribution in [0.1, 0.15) is 43.7 Å². The zero-order valence-corrected chi connectivity index (χ0v) is 15.3. The molecular weight excluding hydrogens is 316 g/mol. The molecular formula is C20H28N2O3. The maximum absolute atomic E-state index is 12.8. The number of hydrogen-bond acceptors (Lipinski definition) is 3. The van der Waals surface area contributed by atoms with E-state index in [0.29, 0.717) is 13.0 Å². The van der Waals surface area contributed by atoms with Gasteiger partial charge in [-0.3, -0.25) is 9.59 Å². The van der Waals surface area contributed by atoms with Gasteiger partial charge >= 0.3 is 0 Å². The zero-order valence-electron chi connectivity index (χ0n) is 15.3. The topological polar surface area (TPSA) is 69.6 Å². The van der Waals surface area contributed by atoms with Crippen LogP contribution in [0.25, 0.3) is 0 Å². The Morgan fingerprint density at radius 2 is 2.08 bits per heavy atom. The van der Waals surface area contributed by atoms with E-state index in [1.54, 1.807) is 4.90 Å². The van der Waals surface area contributed by atoms with Crippen molar-refractivity contribution in [1.82, 2.24) is 5.32 Å². The number of aliphatic hydroxyl groups excluding tert-OH is 1. The fraction of sp³-hybridized carbons (Fsp3) is 0.600. The number of carbonyl (C=O) groups is 2. The molecule has 2 N–H and O–H groups in total. The van der Waals surface area contributed by atoms with Crippen molar-refractivity contribution in [2.24, 2.45) is 11.3 Å². The SMILES string of the molecule is Cc1ccc(N2CCC(C(=O)NC3CCCC3(C)CO)C2=O)cc1C. The summed E-state index contributed by atoms with van der Waals surface area (Å²) in [6.45, 7) is 6.70. The second-order valence-corrected chi connectivity index (χ2v) is 7.87. The van der Waals surface area contributed by atoms with Gasteiger partial charge in [-0.1, -0.05) is 19.4 Å². The van der Waals surface area contributed by atoms with Gasteiger partial charge in [0.1, 0.15) is 5.92 Å². The second kappa shape index (κ2) is 6.79. The van der Waals surface area contributed by atoms with Gasteiger partial charge in [-0.25, -0.2) is 0 Å². The van der Waals surface area contributed by atoms with Crippen molar-refractivity contribution >= 4 is 17.5 Å². The van der Waals surface area contributed by atoms with E-state index in [-0.39, 0.29) is 29.9 Å². The molecule has 1 saturated carbocycles. The summed E-state index contributed by atoms with van der Waals surface area (Å²) < 4.78 is 0. The lowest BCUT2D eigenvalue weighted by molar-refractivity contribution is -0.133. The summed E-state index contributed by atoms with van der Waals surface area (Å²) in [6, 6.07) is 5.91. The molecule has 1 aliphatic carbocycles. The molecule has 1 saturated heterocycles. The van der Waals surface area contributed by atoms with Crippen LogP contribution in [-0.2, 0) is 9.59 Å². The third kappa shape index (κ3) is 3.30. The molecule has 136 valence electrons. The number of aliphatic hydroxyl groups is 1. The molecule has 0 radical (unpaired) electrons. The Hall–Kier alpha value is -1.88. The Bertz CT molecular complexity index is 688. The van der Waals surface area contributed by atoms with Crippen LogP contribution in [0, 0.1) is 25.2 Å². The van der Waals surface area contributed by atoms with E-state index >= 15 is 0 Å².